The van der Waals surface area contributed by atoms with E-state index in [1.54, 1.807) is 0 Å². The van der Waals surface area contributed by atoms with Gasteiger partial charge in [-0.3, -0.25) is 0 Å². The van der Waals surface area contributed by atoms with E-state index in [2.05, 4.69) is 84.9 Å². The van der Waals surface area contributed by atoms with Crippen molar-refractivity contribution in [2.45, 2.75) is 0 Å². The van der Waals surface area contributed by atoms with E-state index in [9.17, 15) is 0 Å². The van der Waals surface area contributed by atoms with Crippen molar-refractivity contribution in [3.05, 3.63) is 115 Å². The van der Waals surface area contributed by atoms with E-state index in [0.29, 0.717) is 0 Å². The maximum atomic E-state index is 2.23. The zero-order valence-corrected chi connectivity index (χ0v) is 16.5. The van der Waals surface area contributed by atoms with Crippen LogP contribution in [0.2, 0.25) is 0 Å². The van der Waals surface area contributed by atoms with Crippen LogP contribution < -0.4 is 15.9 Å². The Morgan fingerprint density at radius 1 is 0.560 bits per heavy atom. The molecule has 4 rings (SSSR count). The van der Waals surface area contributed by atoms with Crippen LogP contribution in [-0.4, -0.2) is 0 Å². The average Bonchev–Trinajstić information content (AvgIpc) is 3.34. The van der Waals surface area contributed by atoms with Gasteiger partial charge in [-0.1, -0.05) is 68.6 Å². The van der Waals surface area contributed by atoms with Crippen molar-refractivity contribution in [2.24, 2.45) is 0 Å². The fourth-order valence-corrected chi connectivity index (χ4v) is 4.74. The molecule has 0 saturated heterocycles. The first kappa shape index (κ1) is 21.4. The molecule has 134 valence electrons. The second-order valence-electron chi connectivity index (χ2n) is 5.11. The van der Waals surface area contributed by atoms with Gasteiger partial charge in [-0.25, -0.2) is 12.1 Å². The van der Waals surface area contributed by atoms with Gasteiger partial charge in [-0.15, -0.1) is 17.7 Å². The molecule has 0 aliphatic carbocycles. The molecule has 0 bridgehead atoms. The van der Waals surface area contributed by atoms with E-state index < -0.39 is 7.92 Å². The first-order valence-electron chi connectivity index (χ1n) is 7.74. The van der Waals surface area contributed by atoms with Gasteiger partial charge < -0.3 is 30.3 Å². The molecule has 0 aliphatic rings. The van der Waals surface area contributed by atoms with E-state index in [-0.39, 0.29) is 29.5 Å². The third kappa shape index (κ3) is 6.31. The summed E-state index contributed by atoms with van der Waals surface area (Å²) in [7, 11) is -0.409. The quantitative estimate of drug-likeness (QED) is 0.255. The van der Waals surface area contributed by atoms with Gasteiger partial charge in [0.15, 0.2) is 0 Å². The SMILES string of the molecule is Cl.[Fe].[cH-]1[cH-][cH-][cH-][cH-]1.c1ccc(P(c2ccccc2)[c-]2cccc2)cc1. The molecule has 3 heteroatoms. The van der Waals surface area contributed by atoms with Gasteiger partial charge in [0.2, 0.25) is 0 Å². The predicted octanol–water partition coefficient (Wildman–Crippen LogP) is 4.99. The van der Waals surface area contributed by atoms with Gasteiger partial charge in [0.1, 0.15) is 0 Å². The zero-order chi connectivity index (χ0) is 15.7. The van der Waals surface area contributed by atoms with Gasteiger partial charge in [-0.05, 0) is 10.6 Å². The van der Waals surface area contributed by atoms with Crippen molar-refractivity contribution < 1.29 is 17.1 Å². The first-order chi connectivity index (χ1) is 11.4. The maximum Gasteiger partial charge on any atom is 0 e. The average molecular weight is 407 g/mol. The topological polar surface area (TPSA) is 0 Å². The zero-order valence-electron chi connectivity index (χ0n) is 13.7. The molecule has 0 heterocycles. The van der Waals surface area contributed by atoms with Gasteiger partial charge in [0.05, 0.1) is 0 Å². The molecule has 0 N–H and O–H groups in total. The van der Waals surface area contributed by atoms with Crippen LogP contribution >= 0.6 is 20.3 Å². The molecule has 4 aromatic rings. The molecule has 0 nitrogen and oxygen atoms in total. The van der Waals surface area contributed by atoms with Crippen LogP contribution in [0.25, 0.3) is 0 Å². The summed E-state index contributed by atoms with van der Waals surface area (Å²) in [5, 5.41) is 4.23. The Balaban J connectivity index is 0.000000388. The van der Waals surface area contributed by atoms with Crippen molar-refractivity contribution in [1.29, 1.82) is 0 Å². The van der Waals surface area contributed by atoms with Crippen LogP contribution in [0, 0.1) is 0 Å². The van der Waals surface area contributed by atoms with Gasteiger partial charge in [-0.2, -0.15) is 12.1 Å². The fourth-order valence-electron chi connectivity index (χ4n) is 2.44. The van der Waals surface area contributed by atoms with Crippen LogP contribution in [0.4, 0.5) is 0 Å². The van der Waals surface area contributed by atoms with Crippen molar-refractivity contribution in [3.8, 4) is 0 Å². The molecule has 0 fully saturated rings. The Hall–Kier alpha value is -1.62. The maximum absolute atomic E-state index is 2.23. The summed E-state index contributed by atoms with van der Waals surface area (Å²) in [5.74, 6) is 0. The molecule has 0 aliphatic heterocycles. The third-order valence-corrected chi connectivity index (χ3v) is 5.93. The number of rotatable bonds is 3. The van der Waals surface area contributed by atoms with Crippen molar-refractivity contribution in [3.63, 3.8) is 0 Å². The molecule has 4 aromatic carbocycles. The van der Waals surface area contributed by atoms with Crippen LogP contribution in [0.5, 0.6) is 0 Å². The molecule has 0 saturated carbocycles. The molecule has 0 aromatic heterocycles. The van der Waals surface area contributed by atoms with Crippen LogP contribution in [0.3, 0.4) is 0 Å². The molecular weight excluding hydrogens is 387 g/mol. The predicted molar refractivity (Wildman–Crippen MR) is 110 cm³/mol. The summed E-state index contributed by atoms with van der Waals surface area (Å²) in [6.45, 7) is 0. The minimum absolute atomic E-state index is 0. The minimum Gasteiger partial charge on any atom is -0.748 e. The molecular formula is C22H20ClFeP-6. The number of hydrogen-bond donors (Lipinski definition) is 0. The normalized spacial score (nSPS) is 9.32. The van der Waals surface area contributed by atoms with Crippen molar-refractivity contribution >= 4 is 36.2 Å². The Kier molecular flexibility index (Phi) is 10.2. The third-order valence-electron chi connectivity index (χ3n) is 3.49. The summed E-state index contributed by atoms with van der Waals surface area (Å²) >= 11 is 0. The molecule has 0 spiro atoms. The Labute approximate surface area is 168 Å². The van der Waals surface area contributed by atoms with E-state index in [1.165, 1.54) is 15.9 Å². The summed E-state index contributed by atoms with van der Waals surface area (Å²) in [5.41, 5.74) is 0. The van der Waals surface area contributed by atoms with Crippen molar-refractivity contribution in [1.82, 2.24) is 0 Å². The molecule has 0 amide bonds. The first-order valence-corrected chi connectivity index (χ1v) is 9.08. The summed E-state index contributed by atoms with van der Waals surface area (Å²) in [6, 6.07) is 40.2. The number of halogens is 1. The number of hydrogen-bond acceptors (Lipinski definition) is 0. The molecule has 0 radical (unpaired) electrons. The molecule has 0 unspecified atom stereocenters. The van der Waals surface area contributed by atoms with Crippen LogP contribution in [0.1, 0.15) is 0 Å². The van der Waals surface area contributed by atoms with E-state index >= 15 is 0 Å². The number of benzene rings is 2. The summed E-state index contributed by atoms with van der Waals surface area (Å²) in [4.78, 5) is 0. The van der Waals surface area contributed by atoms with Gasteiger partial charge in [0.25, 0.3) is 0 Å². The monoisotopic (exact) mass is 406 g/mol. The Morgan fingerprint density at radius 3 is 1.28 bits per heavy atom. The fraction of sp³-hybridized carbons (Fsp3) is 0. The van der Waals surface area contributed by atoms with E-state index in [1.807, 2.05) is 30.3 Å². The summed E-state index contributed by atoms with van der Waals surface area (Å²) < 4.78 is 0. The van der Waals surface area contributed by atoms with E-state index in [0.717, 1.165) is 0 Å². The van der Waals surface area contributed by atoms with Gasteiger partial charge >= 0.3 is 0 Å². The summed E-state index contributed by atoms with van der Waals surface area (Å²) in [6.07, 6.45) is 0. The molecule has 0 atom stereocenters. The van der Waals surface area contributed by atoms with E-state index in [4.69, 9.17) is 0 Å². The second-order valence-corrected chi connectivity index (χ2v) is 7.33. The largest absolute Gasteiger partial charge is 0.748 e. The smallest absolute Gasteiger partial charge is 0 e. The minimum atomic E-state index is -0.409. The standard InChI is InChI=1S/C17H14P.C5H5.ClH.Fe/c1-3-9-15(10-4-1)18(17-13-7-8-14-17)16-11-5-2-6-12-16;1-2-4-5-3-1;;/h1-14H;1-5H;1H;/q-1;-5;;. The second kappa shape index (κ2) is 11.9. The Morgan fingerprint density at radius 2 is 0.920 bits per heavy atom. The van der Waals surface area contributed by atoms with Crippen molar-refractivity contribution in [2.75, 3.05) is 0 Å². The molecule has 25 heavy (non-hydrogen) atoms. The van der Waals surface area contributed by atoms with Crippen LogP contribution in [-0.2, 0) is 17.1 Å². The van der Waals surface area contributed by atoms with Crippen LogP contribution in [0.15, 0.2) is 115 Å². The van der Waals surface area contributed by atoms with Gasteiger partial charge in [0, 0.05) is 17.1 Å². The Bertz CT molecular complexity index is 709.